The van der Waals surface area contributed by atoms with E-state index in [0.29, 0.717) is 12.6 Å². The summed E-state index contributed by atoms with van der Waals surface area (Å²) in [4.78, 5) is 13.2. The minimum atomic E-state index is -0.0685. The summed E-state index contributed by atoms with van der Waals surface area (Å²) in [5.41, 5.74) is 1.15. The van der Waals surface area contributed by atoms with Crippen molar-refractivity contribution in [3.63, 3.8) is 0 Å². The van der Waals surface area contributed by atoms with E-state index >= 15 is 0 Å². The predicted molar refractivity (Wildman–Crippen MR) is 90.6 cm³/mol. The highest BCUT2D eigenvalue weighted by atomic mass is 32.1. The Labute approximate surface area is 134 Å². The van der Waals surface area contributed by atoms with Crippen molar-refractivity contribution < 1.29 is 9.90 Å². The topological polar surface area (TPSA) is 61.4 Å². The van der Waals surface area contributed by atoms with Crippen molar-refractivity contribution in [1.82, 2.24) is 10.6 Å². The third-order valence-electron chi connectivity index (χ3n) is 4.16. The Hall–Kier alpha value is -1.43. The van der Waals surface area contributed by atoms with Gasteiger partial charge in [0.2, 0.25) is 0 Å². The summed E-state index contributed by atoms with van der Waals surface area (Å²) in [5, 5.41) is 16.5. The third kappa shape index (κ3) is 3.32. The number of rotatable bonds is 5. The number of thiophene rings is 1. The number of benzene rings is 1. The van der Waals surface area contributed by atoms with E-state index in [2.05, 4.69) is 22.8 Å². The first-order valence-corrected chi connectivity index (χ1v) is 8.74. The Morgan fingerprint density at radius 1 is 1.36 bits per heavy atom. The monoisotopic (exact) mass is 318 g/mol. The van der Waals surface area contributed by atoms with Crippen LogP contribution in [0.25, 0.3) is 10.1 Å². The van der Waals surface area contributed by atoms with E-state index in [1.165, 1.54) is 24.6 Å². The van der Waals surface area contributed by atoms with Crippen LogP contribution >= 0.6 is 11.3 Å². The van der Waals surface area contributed by atoms with Crippen molar-refractivity contribution in [3.8, 4) is 0 Å². The summed E-state index contributed by atoms with van der Waals surface area (Å²) in [7, 11) is 0. The zero-order valence-corrected chi connectivity index (χ0v) is 13.4. The molecule has 1 aromatic carbocycles. The molecule has 1 fully saturated rings. The largest absolute Gasteiger partial charge is 0.395 e. The van der Waals surface area contributed by atoms with Crippen LogP contribution in [0.15, 0.2) is 24.3 Å². The lowest BCUT2D eigenvalue weighted by Gasteiger charge is -2.23. The van der Waals surface area contributed by atoms with Crippen molar-refractivity contribution in [3.05, 3.63) is 34.7 Å². The molecule has 1 unspecified atom stereocenters. The standard InChI is InChI=1S/C17H22N2O2S/c20-10-9-19-17(21)16-14(11-12-5-3-4-8-18-12)13-6-1-2-7-15(13)22-16/h1-2,6-7,12,18,20H,3-5,8-11H2,(H,19,21). The van der Waals surface area contributed by atoms with Crippen molar-refractivity contribution >= 4 is 27.3 Å². The van der Waals surface area contributed by atoms with Gasteiger partial charge in [-0.05, 0) is 42.8 Å². The molecule has 2 heterocycles. The second kappa shape index (κ2) is 7.22. The molecule has 3 N–H and O–H groups in total. The average molecular weight is 318 g/mol. The van der Waals surface area contributed by atoms with Crippen LogP contribution < -0.4 is 10.6 Å². The van der Waals surface area contributed by atoms with Crippen molar-refractivity contribution in [2.24, 2.45) is 0 Å². The number of amides is 1. The summed E-state index contributed by atoms with van der Waals surface area (Å²) in [5.74, 6) is -0.0685. The first-order valence-electron chi connectivity index (χ1n) is 7.92. The zero-order chi connectivity index (χ0) is 15.4. The van der Waals surface area contributed by atoms with E-state index < -0.39 is 0 Å². The lowest BCUT2D eigenvalue weighted by Crippen LogP contribution is -2.36. The molecule has 5 heteroatoms. The van der Waals surface area contributed by atoms with Gasteiger partial charge in [-0.3, -0.25) is 4.79 Å². The van der Waals surface area contributed by atoms with Gasteiger partial charge in [-0.1, -0.05) is 24.6 Å². The number of carbonyl (C=O) groups is 1. The summed E-state index contributed by atoms with van der Waals surface area (Å²) >= 11 is 1.55. The minimum Gasteiger partial charge on any atom is -0.395 e. The Morgan fingerprint density at radius 2 is 2.23 bits per heavy atom. The molecule has 1 aromatic heterocycles. The maximum absolute atomic E-state index is 12.4. The molecule has 118 valence electrons. The van der Waals surface area contributed by atoms with Crippen LogP contribution in [-0.2, 0) is 6.42 Å². The van der Waals surface area contributed by atoms with Crippen LogP contribution in [-0.4, -0.2) is 36.8 Å². The predicted octanol–water partition coefficient (Wildman–Crippen LogP) is 2.31. The third-order valence-corrected chi connectivity index (χ3v) is 5.38. The van der Waals surface area contributed by atoms with Gasteiger partial charge in [-0.25, -0.2) is 0 Å². The SMILES string of the molecule is O=C(NCCO)c1sc2ccccc2c1CC1CCCCN1. The van der Waals surface area contributed by atoms with Gasteiger partial charge in [0.25, 0.3) is 5.91 Å². The highest BCUT2D eigenvalue weighted by molar-refractivity contribution is 7.21. The molecule has 0 bridgehead atoms. The van der Waals surface area contributed by atoms with Gasteiger partial charge in [0.15, 0.2) is 0 Å². The second-order valence-electron chi connectivity index (χ2n) is 5.74. The fraction of sp³-hybridized carbons (Fsp3) is 0.471. The van der Waals surface area contributed by atoms with Gasteiger partial charge >= 0.3 is 0 Å². The second-order valence-corrected chi connectivity index (χ2v) is 6.79. The van der Waals surface area contributed by atoms with E-state index in [9.17, 15) is 4.79 Å². The zero-order valence-electron chi connectivity index (χ0n) is 12.6. The number of hydrogen-bond acceptors (Lipinski definition) is 4. The molecule has 1 aliphatic heterocycles. The Kier molecular flexibility index (Phi) is 5.08. The molecular formula is C17H22N2O2S. The summed E-state index contributed by atoms with van der Waals surface area (Å²) in [6, 6.07) is 8.67. The van der Waals surface area contributed by atoms with Gasteiger partial charge in [0, 0.05) is 17.3 Å². The number of aliphatic hydroxyl groups excluding tert-OH is 1. The number of aliphatic hydroxyl groups is 1. The number of hydrogen-bond donors (Lipinski definition) is 3. The Bertz CT molecular complexity index is 647. The van der Waals surface area contributed by atoms with Crippen LogP contribution in [0.5, 0.6) is 0 Å². The molecular weight excluding hydrogens is 296 g/mol. The van der Waals surface area contributed by atoms with Crippen molar-refractivity contribution in [2.75, 3.05) is 19.7 Å². The number of piperidine rings is 1. The van der Waals surface area contributed by atoms with Crippen LogP contribution in [0.2, 0.25) is 0 Å². The molecule has 1 amide bonds. The van der Waals surface area contributed by atoms with Crippen LogP contribution in [0.4, 0.5) is 0 Å². The number of carbonyl (C=O) groups excluding carboxylic acids is 1. The minimum absolute atomic E-state index is 0.0316. The van der Waals surface area contributed by atoms with E-state index in [0.717, 1.165) is 28.1 Å². The normalized spacial score (nSPS) is 18.5. The van der Waals surface area contributed by atoms with Gasteiger partial charge in [0.1, 0.15) is 0 Å². The molecule has 0 saturated carbocycles. The fourth-order valence-electron chi connectivity index (χ4n) is 3.08. The molecule has 0 radical (unpaired) electrons. The fourth-order valence-corrected chi connectivity index (χ4v) is 4.23. The van der Waals surface area contributed by atoms with Crippen LogP contribution in [0.1, 0.15) is 34.5 Å². The Morgan fingerprint density at radius 3 is 3.00 bits per heavy atom. The lowest BCUT2D eigenvalue weighted by molar-refractivity contribution is 0.0948. The molecule has 22 heavy (non-hydrogen) atoms. The molecule has 4 nitrogen and oxygen atoms in total. The maximum Gasteiger partial charge on any atom is 0.261 e. The maximum atomic E-state index is 12.4. The lowest BCUT2D eigenvalue weighted by atomic mass is 9.96. The molecule has 3 rings (SSSR count). The average Bonchev–Trinajstić information content (AvgIpc) is 2.92. The molecule has 2 aromatic rings. The van der Waals surface area contributed by atoms with Gasteiger partial charge in [0.05, 0.1) is 11.5 Å². The van der Waals surface area contributed by atoms with Gasteiger partial charge in [-0.15, -0.1) is 11.3 Å². The molecule has 0 aliphatic carbocycles. The summed E-state index contributed by atoms with van der Waals surface area (Å²) < 4.78 is 1.16. The highest BCUT2D eigenvalue weighted by Gasteiger charge is 2.22. The summed E-state index contributed by atoms with van der Waals surface area (Å²) in [6.45, 7) is 1.34. The first-order chi connectivity index (χ1) is 10.8. The van der Waals surface area contributed by atoms with E-state index in [1.807, 2.05) is 12.1 Å². The summed E-state index contributed by atoms with van der Waals surface area (Å²) in [6.07, 6.45) is 4.56. The van der Waals surface area contributed by atoms with E-state index in [1.54, 1.807) is 11.3 Å². The first kappa shape index (κ1) is 15.5. The molecule has 1 aliphatic rings. The van der Waals surface area contributed by atoms with Crippen LogP contribution in [0, 0.1) is 0 Å². The molecule has 0 spiro atoms. The van der Waals surface area contributed by atoms with Crippen molar-refractivity contribution in [1.29, 1.82) is 0 Å². The van der Waals surface area contributed by atoms with E-state index in [-0.39, 0.29) is 12.5 Å². The molecule has 1 atom stereocenters. The highest BCUT2D eigenvalue weighted by Crippen LogP contribution is 2.33. The molecule has 1 saturated heterocycles. The Balaban J connectivity index is 1.91. The van der Waals surface area contributed by atoms with Crippen LogP contribution in [0.3, 0.4) is 0 Å². The van der Waals surface area contributed by atoms with Gasteiger partial charge < -0.3 is 15.7 Å². The van der Waals surface area contributed by atoms with Crippen molar-refractivity contribution in [2.45, 2.75) is 31.7 Å². The van der Waals surface area contributed by atoms with Gasteiger partial charge in [-0.2, -0.15) is 0 Å². The quantitative estimate of drug-likeness (QED) is 0.793. The number of nitrogens with one attached hydrogen (secondary N) is 2. The number of fused-ring (bicyclic) bond motifs is 1. The van der Waals surface area contributed by atoms with E-state index in [4.69, 9.17) is 5.11 Å². The smallest absolute Gasteiger partial charge is 0.261 e.